The third kappa shape index (κ3) is 5.04. The first-order chi connectivity index (χ1) is 9.21. The normalized spacial score (nSPS) is 18.4. The van der Waals surface area contributed by atoms with Crippen LogP contribution in [0.3, 0.4) is 0 Å². The Morgan fingerprint density at radius 1 is 1.15 bits per heavy atom. The number of rotatable bonds is 4. The second-order valence-electron chi connectivity index (χ2n) is 5.22. The van der Waals surface area contributed by atoms with Crippen LogP contribution in [0.2, 0.25) is 0 Å². The van der Waals surface area contributed by atoms with Gasteiger partial charge in [0, 0.05) is 39.6 Å². The molecule has 1 unspecified atom stereocenters. The fourth-order valence-corrected chi connectivity index (χ4v) is 1.99. The molecule has 0 aromatic carbocycles. The molecular formula is C12H21N3O5. The Bertz CT molecular complexity index is 389. The first-order valence-corrected chi connectivity index (χ1v) is 6.44. The van der Waals surface area contributed by atoms with E-state index in [1.807, 2.05) is 0 Å². The summed E-state index contributed by atoms with van der Waals surface area (Å²) < 4.78 is 0. The number of carbonyl (C=O) groups excluding carboxylic acids is 2. The minimum Gasteiger partial charge on any atom is -0.481 e. The lowest BCUT2D eigenvalue weighted by Crippen LogP contribution is -2.54. The van der Waals surface area contributed by atoms with E-state index in [-0.39, 0.29) is 18.5 Å². The van der Waals surface area contributed by atoms with Gasteiger partial charge in [0.05, 0.1) is 12.0 Å². The number of carbonyl (C=O) groups is 3. The minimum atomic E-state index is -1.48. The molecule has 1 atom stereocenters. The van der Waals surface area contributed by atoms with Crippen molar-refractivity contribution in [3.05, 3.63) is 0 Å². The van der Waals surface area contributed by atoms with Crippen molar-refractivity contribution in [3.8, 4) is 0 Å². The lowest BCUT2D eigenvalue weighted by atomic mass is 10.0. The van der Waals surface area contributed by atoms with Gasteiger partial charge in [0.1, 0.15) is 0 Å². The van der Waals surface area contributed by atoms with Crippen LogP contribution >= 0.6 is 0 Å². The molecule has 1 saturated heterocycles. The van der Waals surface area contributed by atoms with E-state index in [9.17, 15) is 19.5 Å². The van der Waals surface area contributed by atoms with E-state index >= 15 is 0 Å². The van der Waals surface area contributed by atoms with Gasteiger partial charge in [0.25, 0.3) is 0 Å². The molecule has 3 N–H and O–H groups in total. The molecule has 0 radical (unpaired) electrons. The van der Waals surface area contributed by atoms with Gasteiger partial charge in [0.15, 0.2) is 0 Å². The van der Waals surface area contributed by atoms with Crippen LogP contribution in [0.25, 0.3) is 0 Å². The molecule has 1 fully saturated rings. The molecule has 8 nitrogen and oxygen atoms in total. The van der Waals surface area contributed by atoms with Crippen molar-refractivity contribution < 1.29 is 24.6 Å². The number of nitrogens with one attached hydrogen (secondary N) is 1. The van der Waals surface area contributed by atoms with Crippen molar-refractivity contribution in [2.24, 2.45) is 0 Å². The average Bonchev–Trinajstić information content (AvgIpc) is 2.34. The molecule has 0 spiro atoms. The second kappa shape index (κ2) is 6.56. The molecule has 0 aliphatic carbocycles. The van der Waals surface area contributed by atoms with Crippen LogP contribution in [-0.4, -0.2) is 76.2 Å². The van der Waals surface area contributed by atoms with Crippen molar-refractivity contribution in [2.45, 2.75) is 25.9 Å². The number of urea groups is 1. The zero-order chi connectivity index (χ0) is 15.3. The summed E-state index contributed by atoms with van der Waals surface area (Å²) in [5.41, 5.74) is -1.48. The topological polar surface area (TPSA) is 110 Å². The van der Waals surface area contributed by atoms with E-state index in [1.54, 1.807) is 4.90 Å². The molecule has 0 saturated carbocycles. The van der Waals surface area contributed by atoms with Crippen molar-refractivity contribution in [1.29, 1.82) is 0 Å². The van der Waals surface area contributed by atoms with Gasteiger partial charge >= 0.3 is 12.0 Å². The Kier molecular flexibility index (Phi) is 5.32. The largest absolute Gasteiger partial charge is 0.481 e. The Labute approximate surface area is 117 Å². The number of piperazine rings is 1. The molecule has 1 heterocycles. The lowest BCUT2D eigenvalue weighted by Gasteiger charge is -2.34. The SMILES string of the molecule is CC(=O)N1CCN(C(=O)NCC(C)(O)CC(=O)O)CC1. The fourth-order valence-electron chi connectivity index (χ4n) is 1.99. The highest BCUT2D eigenvalue weighted by Gasteiger charge is 2.27. The number of hydrogen-bond acceptors (Lipinski definition) is 4. The van der Waals surface area contributed by atoms with Gasteiger partial charge in [-0.05, 0) is 6.92 Å². The van der Waals surface area contributed by atoms with E-state index in [2.05, 4.69) is 5.32 Å². The van der Waals surface area contributed by atoms with E-state index in [1.165, 1.54) is 18.7 Å². The Morgan fingerprint density at radius 2 is 1.65 bits per heavy atom. The summed E-state index contributed by atoms with van der Waals surface area (Å²) in [7, 11) is 0. The highest BCUT2D eigenvalue weighted by atomic mass is 16.4. The molecule has 0 aromatic rings. The molecular weight excluding hydrogens is 266 g/mol. The predicted molar refractivity (Wildman–Crippen MR) is 70.1 cm³/mol. The van der Waals surface area contributed by atoms with Gasteiger partial charge in [-0.15, -0.1) is 0 Å². The number of nitrogens with zero attached hydrogens (tertiary/aromatic N) is 2. The number of carboxylic acid groups (broad SMARTS) is 1. The molecule has 114 valence electrons. The van der Waals surface area contributed by atoms with Crippen LogP contribution in [0.1, 0.15) is 20.3 Å². The average molecular weight is 287 g/mol. The van der Waals surface area contributed by atoms with Gasteiger partial charge in [-0.3, -0.25) is 9.59 Å². The molecule has 1 aliphatic rings. The van der Waals surface area contributed by atoms with Crippen LogP contribution < -0.4 is 5.32 Å². The Hall–Kier alpha value is -1.83. The van der Waals surface area contributed by atoms with Crippen LogP contribution in [0.5, 0.6) is 0 Å². The summed E-state index contributed by atoms with van der Waals surface area (Å²) in [4.78, 5) is 36.7. The van der Waals surface area contributed by atoms with Crippen LogP contribution in [0, 0.1) is 0 Å². The molecule has 3 amide bonds. The van der Waals surface area contributed by atoms with Gasteiger partial charge in [-0.1, -0.05) is 0 Å². The number of carboxylic acids is 1. The summed E-state index contributed by atoms with van der Waals surface area (Å²) in [6.45, 7) is 4.51. The van der Waals surface area contributed by atoms with Crippen molar-refractivity contribution in [2.75, 3.05) is 32.7 Å². The fraction of sp³-hybridized carbons (Fsp3) is 0.750. The highest BCUT2D eigenvalue weighted by molar-refractivity contribution is 5.76. The van der Waals surface area contributed by atoms with Gasteiger partial charge < -0.3 is 25.3 Å². The number of hydrogen-bond donors (Lipinski definition) is 3. The molecule has 0 aromatic heterocycles. The van der Waals surface area contributed by atoms with Crippen molar-refractivity contribution in [1.82, 2.24) is 15.1 Å². The van der Waals surface area contributed by atoms with E-state index in [0.29, 0.717) is 26.2 Å². The van der Waals surface area contributed by atoms with Crippen molar-refractivity contribution >= 4 is 17.9 Å². The quantitative estimate of drug-likeness (QED) is 0.620. The van der Waals surface area contributed by atoms with Crippen LogP contribution in [0.15, 0.2) is 0 Å². The van der Waals surface area contributed by atoms with Gasteiger partial charge in [-0.25, -0.2) is 4.79 Å². The maximum absolute atomic E-state index is 11.9. The number of amides is 3. The maximum atomic E-state index is 11.9. The zero-order valence-electron chi connectivity index (χ0n) is 11.8. The van der Waals surface area contributed by atoms with Gasteiger partial charge in [0.2, 0.25) is 5.91 Å². The third-order valence-corrected chi connectivity index (χ3v) is 3.16. The maximum Gasteiger partial charge on any atom is 0.317 e. The van der Waals surface area contributed by atoms with Crippen molar-refractivity contribution in [3.63, 3.8) is 0 Å². The number of aliphatic carboxylic acids is 1. The smallest absolute Gasteiger partial charge is 0.317 e. The summed E-state index contributed by atoms with van der Waals surface area (Å²) in [5, 5.41) is 20.9. The molecule has 20 heavy (non-hydrogen) atoms. The first kappa shape index (κ1) is 16.2. The molecule has 1 rings (SSSR count). The summed E-state index contributed by atoms with van der Waals surface area (Å²) >= 11 is 0. The molecule has 8 heteroatoms. The van der Waals surface area contributed by atoms with Gasteiger partial charge in [-0.2, -0.15) is 0 Å². The Balaban J connectivity index is 2.37. The van der Waals surface area contributed by atoms with E-state index in [4.69, 9.17) is 5.11 Å². The predicted octanol–water partition coefficient (Wildman–Crippen LogP) is -0.914. The first-order valence-electron chi connectivity index (χ1n) is 6.44. The third-order valence-electron chi connectivity index (χ3n) is 3.16. The molecule has 0 bridgehead atoms. The minimum absolute atomic E-state index is 0.0190. The highest BCUT2D eigenvalue weighted by Crippen LogP contribution is 2.08. The lowest BCUT2D eigenvalue weighted by molar-refractivity contribution is -0.141. The summed E-state index contributed by atoms with van der Waals surface area (Å²) in [6, 6.07) is -0.362. The Morgan fingerprint density at radius 3 is 2.10 bits per heavy atom. The molecule has 1 aliphatic heterocycles. The van der Waals surface area contributed by atoms with Crippen LogP contribution in [-0.2, 0) is 9.59 Å². The monoisotopic (exact) mass is 287 g/mol. The second-order valence-corrected chi connectivity index (χ2v) is 5.22. The standard InChI is InChI=1S/C12H21N3O5/c1-9(16)14-3-5-15(6-4-14)11(19)13-8-12(2,20)7-10(17)18/h20H,3-8H2,1-2H3,(H,13,19)(H,17,18). The van der Waals surface area contributed by atoms with E-state index in [0.717, 1.165) is 0 Å². The zero-order valence-corrected chi connectivity index (χ0v) is 11.8. The summed E-state index contributed by atoms with van der Waals surface area (Å²) in [6.07, 6.45) is -0.439. The number of aliphatic hydroxyl groups is 1. The van der Waals surface area contributed by atoms with E-state index < -0.39 is 18.0 Å². The summed E-state index contributed by atoms with van der Waals surface area (Å²) in [5.74, 6) is -1.14. The van der Waals surface area contributed by atoms with Crippen LogP contribution in [0.4, 0.5) is 4.79 Å².